The van der Waals surface area contributed by atoms with Crippen molar-refractivity contribution in [3.8, 4) is 0 Å². The number of rotatable bonds is 6. The van der Waals surface area contributed by atoms with Crippen molar-refractivity contribution < 1.29 is 0 Å². The van der Waals surface area contributed by atoms with E-state index in [1.165, 1.54) is 0 Å². The summed E-state index contributed by atoms with van der Waals surface area (Å²) < 4.78 is 0. The van der Waals surface area contributed by atoms with Crippen LogP contribution in [0.3, 0.4) is 0 Å². The van der Waals surface area contributed by atoms with Gasteiger partial charge in [-0.05, 0) is 11.1 Å². The van der Waals surface area contributed by atoms with Crippen LogP contribution in [0.2, 0.25) is 50.4 Å². The maximum atomic E-state index is 4.63. The first-order valence-electron chi connectivity index (χ1n) is 8.67. The van der Waals surface area contributed by atoms with Crippen molar-refractivity contribution in [2.24, 2.45) is 0 Å². The van der Waals surface area contributed by atoms with Gasteiger partial charge in [-0.15, -0.1) is 12.3 Å². The molecule has 3 heteroatoms. The molecule has 0 N–H and O–H groups in total. The molecule has 2 aliphatic carbocycles. The predicted octanol–water partition coefficient (Wildman–Crippen LogP) is 6.37. The quantitative estimate of drug-likeness (QED) is 0.485. The Hall–Kier alpha value is -0.909. The Kier molecular flexibility index (Phi) is 5.24. The molecule has 0 aliphatic heterocycles. The zero-order valence-electron chi connectivity index (χ0n) is 15.6. The Morgan fingerprint density at radius 2 is 1.17 bits per heavy atom. The van der Waals surface area contributed by atoms with E-state index in [4.69, 9.17) is 0 Å². The van der Waals surface area contributed by atoms with Gasteiger partial charge in [-0.1, -0.05) is 98.4 Å². The van der Waals surface area contributed by atoms with Crippen molar-refractivity contribution in [2.75, 3.05) is 0 Å². The molecule has 2 aliphatic rings. The summed E-state index contributed by atoms with van der Waals surface area (Å²) in [7, 11) is -4.46. The van der Waals surface area contributed by atoms with E-state index in [0.29, 0.717) is 11.1 Å². The van der Waals surface area contributed by atoms with Crippen LogP contribution in [0.5, 0.6) is 0 Å². The highest BCUT2D eigenvalue weighted by Gasteiger charge is 2.39. The molecule has 0 radical (unpaired) electrons. The van der Waals surface area contributed by atoms with Gasteiger partial charge in [-0.3, -0.25) is 0 Å². The van der Waals surface area contributed by atoms with E-state index in [9.17, 15) is 0 Å². The van der Waals surface area contributed by atoms with E-state index in [0.717, 1.165) is 0 Å². The van der Waals surface area contributed by atoms with Crippen molar-refractivity contribution in [1.82, 2.24) is 0 Å². The minimum Gasteiger partial charge on any atom is -0.107 e. The van der Waals surface area contributed by atoms with Gasteiger partial charge in [0, 0.05) is 0 Å². The molecule has 0 atom stereocenters. The highest BCUT2D eigenvalue weighted by molar-refractivity contribution is 7.08. The second kappa shape index (κ2) is 6.54. The summed E-state index contributed by atoms with van der Waals surface area (Å²) in [4.78, 5) is 1.59. The van der Waals surface area contributed by atoms with E-state index >= 15 is 0 Å². The molecular weight excluding hydrogens is 324 g/mol. The number of hydrogen-bond acceptors (Lipinski definition) is 0. The van der Waals surface area contributed by atoms with Gasteiger partial charge in [-0.2, -0.15) is 0 Å². The average molecular weight is 357 g/mol. The molecular formula is C20H32Si3. The molecule has 0 aromatic rings. The first-order valence-corrected chi connectivity index (χ1v) is 18.0. The van der Waals surface area contributed by atoms with E-state index in [-0.39, 0.29) is 0 Å². The number of allylic oxidation sites excluding steroid dienone is 8. The smallest absolute Gasteiger partial charge is 0.0935 e. The molecule has 23 heavy (non-hydrogen) atoms. The molecule has 0 nitrogen and oxygen atoms in total. The van der Waals surface area contributed by atoms with Crippen LogP contribution >= 0.6 is 0 Å². The highest BCUT2D eigenvalue weighted by atomic mass is 28.4. The van der Waals surface area contributed by atoms with E-state index in [1.54, 1.807) is 4.82 Å². The zero-order valence-corrected chi connectivity index (χ0v) is 18.6. The summed E-state index contributed by atoms with van der Waals surface area (Å²) in [5.41, 5.74) is 6.47. The molecule has 0 fully saturated rings. The molecule has 0 spiro atoms. The van der Waals surface area contributed by atoms with Crippen LogP contribution in [-0.2, 0) is 0 Å². The second-order valence-electron chi connectivity index (χ2n) is 8.67. The van der Waals surface area contributed by atoms with Crippen LogP contribution in [0.4, 0.5) is 0 Å². The Balaban J connectivity index is 2.17. The van der Waals surface area contributed by atoms with Gasteiger partial charge in [0.1, 0.15) is 0 Å². The minimum atomic E-state index is -1.56. The third kappa shape index (κ3) is 3.95. The Morgan fingerprint density at radius 3 is 1.65 bits per heavy atom. The first-order chi connectivity index (χ1) is 10.6. The van der Waals surface area contributed by atoms with Crippen molar-refractivity contribution in [1.29, 1.82) is 0 Å². The van der Waals surface area contributed by atoms with E-state index < -0.39 is 24.2 Å². The minimum absolute atomic E-state index is 0.626. The summed E-state index contributed by atoms with van der Waals surface area (Å²) in [6.07, 6.45) is 18.3. The number of hydrogen-bond donors (Lipinski definition) is 0. The van der Waals surface area contributed by atoms with Gasteiger partial charge in [-0.25, -0.2) is 0 Å². The molecule has 124 valence electrons. The second-order valence-corrected chi connectivity index (χ2v) is 22.9. The lowest BCUT2D eigenvalue weighted by atomic mass is 10.5. The normalized spacial score (nSPS) is 19.6. The molecule has 0 amide bonds. The monoisotopic (exact) mass is 356 g/mol. The fraction of sp³-hybridized carbons (Fsp3) is 0.400. The lowest BCUT2D eigenvalue weighted by Crippen LogP contribution is -2.45. The largest absolute Gasteiger partial charge is 0.107 e. The Labute approximate surface area is 146 Å². The zero-order chi connectivity index (χ0) is 17.3. The van der Waals surface area contributed by atoms with Crippen LogP contribution in [0.15, 0.2) is 71.4 Å². The molecule has 0 saturated carbocycles. The highest BCUT2D eigenvalue weighted by Crippen LogP contribution is 2.38. The molecule has 2 rings (SSSR count). The van der Waals surface area contributed by atoms with E-state index in [1.807, 2.05) is 0 Å². The third-order valence-corrected chi connectivity index (χ3v) is 19.2. The van der Waals surface area contributed by atoms with Crippen LogP contribution < -0.4 is 0 Å². The maximum absolute atomic E-state index is 4.63. The topological polar surface area (TPSA) is 0 Å². The molecule has 0 unspecified atom stereocenters. The predicted molar refractivity (Wildman–Crippen MR) is 115 cm³/mol. The lowest BCUT2D eigenvalue weighted by molar-refractivity contribution is 1.30. The van der Waals surface area contributed by atoms with E-state index in [2.05, 4.69) is 106 Å². The van der Waals surface area contributed by atoms with Crippen molar-refractivity contribution >= 4 is 24.2 Å². The van der Waals surface area contributed by atoms with Gasteiger partial charge >= 0.3 is 0 Å². The first kappa shape index (κ1) is 18.4. The van der Waals surface area contributed by atoms with Crippen LogP contribution in [0.25, 0.3) is 0 Å². The van der Waals surface area contributed by atoms with Gasteiger partial charge < -0.3 is 0 Å². The summed E-state index contributed by atoms with van der Waals surface area (Å²) in [6, 6.07) is 0. The third-order valence-electron chi connectivity index (χ3n) is 5.67. The Bertz CT molecular complexity index is 589. The maximum Gasteiger partial charge on any atom is 0.0935 e. The summed E-state index contributed by atoms with van der Waals surface area (Å²) in [6.45, 7) is 19.5. The van der Waals surface area contributed by atoms with Crippen molar-refractivity contribution in [3.63, 3.8) is 0 Å². The fourth-order valence-electron chi connectivity index (χ4n) is 3.51. The van der Waals surface area contributed by atoms with Gasteiger partial charge in [0.05, 0.1) is 24.2 Å². The van der Waals surface area contributed by atoms with Gasteiger partial charge in [0.15, 0.2) is 0 Å². The molecule has 0 aromatic heterocycles. The molecule has 0 saturated heterocycles. The summed E-state index contributed by atoms with van der Waals surface area (Å²) in [5.74, 6) is 0. The fourth-order valence-corrected chi connectivity index (χ4v) is 17.5. The molecule has 0 aromatic carbocycles. The summed E-state index contributed by atoms with van der Waals surface area (Å²) >= 11 is 0. The van der Waals surface area contributed by atoms with Crippen molar-refractivity contribution in [2.45, 2.75) is 50.4 Å². The standard InChI is InChI=1S/C20H32Si3/c1-18(23(6,7)20-14-10-11-15-20)21(2,3)16-17-22(4,5)19-12-8-9-13-19/h8-17,19-20H,1H2,2-7H3/b17-16+. The van der Waals surface area contributed by atoms with Crippen LogP contribution in [0.1, 0.15) is 0 Å². The molecule has 0 bridgehead atoms. The SMILES string of the molecule is C=C([Si](C)(C)/C=C/[Si](C)(C)C1C=CC=C1)[Si](C)(C)C1C=CC=C1. The Morgan fingerprint density at radius 1 is 0.739 bits per heavy atom. The van der Waals surface area contributed by atoms with Crippen LogP contribution in [0, 0.1) is 0 Å². The average Bonchev–Trinajstić information content (AvgIpc) is 3.17. The van der Waals surface area contributed by atoms with Crippen molar-refractivity contribution in [3.05, 3.63) is 71.4 Å². The lowest BCUT2D eigenvalue weighted by Gasteiger charge is -2.37. The summed E-state index contributed by atoms with van der Waals surface area (Å²) in [5, 5.41) is 0. The van der Waals surface area contributed by atoms with Gasteiger partial charge in [0.25, 0.3) is 0 Å². The molecule has 0 heterocycles. The van der Waals surface area contributed by atoms with Gasteiger partial charge in [0.2, 0.25) is 0 Å². The van der Waals surface area contributed by atoms with Crippen LogP contribution in [-0.4, -0.2) is 24.2 Å².